The van der Waals surface area contributed by atoms with Gasteiger partial charge in [-0.1, -0.05) is 0 Å². The zero-order valence-corrected chi connectivity index (χ0v) is 22.8. The Bertz CT molecular complexity index is 594. The molecule has 3 amide bonds. The van der Waals surface area contributed by atoms with E-state index in [4.69, 9.17) is 37.9 Å². The molecule has 0 radical (unpaired) electrons. The Hall–Kier alpha value is -1.71. The van der Waals surface area contributed by atoms with Crippen molar-refractivity contribution in [3.05, 3.63) is 0 Å². The maximum absolute atomic E-state index is 11.8. The first kappa shape index (κ1) is 34.3. The van der Waals surface area contributed by atoms with Gasteiger partial charge < -0.3 is 43.2 Å². The molecule has 0 unspecified atom stereocenters. The highest BCUT2D eigenvalue weighted by Crippen LogP contribution is 2.11. The van der Waals surface area contributed by atoms with Gasteiger partial charge in [-0.2, -0.15) is 0 Å². The molecule has 1 heterocycles. The average molecular weight is 551 g/mol. The van der Waals surface area contributed by atoms with Crippen molar-refractivity contribution in [1.82, 2.24) is 10.2 Å². The molecule has 0 aromatic rings. The van der Waals surface area contributed by atoms with Crippen molar-refractivity contribution < 1.29 is 52.3 Å². The summed E-state index contributed by atoms with van der Waals surface area (Å²) in [5.74, 6) is -0.644. The van der Waals surface area contributed by atoms with Crippen LogP contribution in [0.1, 0.15) is 26.2 Å². The van der Waals surface area contributed by atoms with Gasteiger partial charge in [-0.05, 0) is 6.92 Å². The maximum Gasteiger partial charge on any atom is 0.229 e. The molecule has 38 heavy (non-hydrogen) atoms. The van der Waals surface area contributed by atoms with Gasteiger partial charge in [-0.3, -0.25) is 19.3 Å². The first-order valence-electron chi connectivity index (χ1n) is 13.4. The Morgan fingerprint density at radius 3 is 1.32 bits per heavy atom. The number of likely N-dealkylation sites (tertiary alicyclic amines) is 1. The van der Waals surface area contributed by atoms with Crippen molar-refractivity contribution in [3.8, 4) is 0 Å². The molecule has 0 bridgehead atoms. The van der Waals surface area contributed by atoms with Crippen LogP contribution in [0.4, 0.5) is 0 Å². The third kappa shape index (κ3) is 20.3. The van der Waals surface area contributed by atoms with E-state index in [-0.39, 0.29) is 43.5 Å². The van der Waals surface area contributed by atoms with E-state index >= 15 is 0 Å². The lowest BCUT2D eigenvalue weighted by Crippen LogP contribution is -2.35. The molecule has 222 valence electrons. The molecule has 1 fully saturated rings. The fraction of sp³-hybridized carbons (Fsp3) is 0.880. The molecule has 0 aromatic carbocycles. The topological polar surface area (TPSA) is 140 Å². The Kier molecular flexibility index (Phi) is 23.1. The Labute approximate surface area is 225 Å². The first-order chi connectivity index (χ1) is 18.6. The zero-order valence-electron chi connectivity index (χ0n) is 22.8. The summed E-state index contributed by atoms with van der Waals surface area (Å²) in [6, 6.07) is 0. The second kappa shape index (κ2) is 25.6. The molecule has 1 aliphatic rings. The van der Waals surface area contributed by atoms with Gasteiger partial charge in [0.25, 0.3) is 0 Å². The Morgan fingerprint density at radius 2 is 0.947 bits per heavy atom. The van der Waals surface area contributed by atoms with Gasteiger partial charge in [-0.15, -0.1) is 0 Å². The van der Waals surface area contributed by atoms with E-state index in [0.717, 1.165) is 4.90 Å². The monoisotopic (exact) mass is 550 g/mol. The van der Waals surface area contributed by atoms with Gasteiger partial charge in [0.15, 0.2) is 0 Å². The molecule has 13 nitrogen and oxygen atoms in total. The average Bonchev–Trinajstić information content (AvgIpc) is 3.24. The van der Waals surface area contributed by atoms with Crippen molar-refractivity contribution in [3.63, 3.8) is 0 Å². The van der Waals surface area contributed by atoms with E-state index in [9.17, 15) is 14.4 Å². The molecule has 1 aliphatic heterocycles. The summed E-state index contributed by atoms with van der Waals surface area (Å²) in [5.41, 5.74) is 0. The minimum atomic E-state index is -0.220. The van der Waals surface area contributed by atoms with E-state index < -0.39 is 0 Å². The highest BCUT2D eigenvalue weighted by atomic mass is 16.6. The van der Waals surface area contributed by atoms with E-state index in [2.05, 4.69) is 5.32 Å². The predicted octanol–water partition coefficient (Wildman–Crippen LogP) is -0.206. The van der Waals surface area contributed by atoms with Crippen LogP contribution in [-0.4, -0.2) is 141 Å². The van der Waals surface area contributed by atoms with Crippen molar-refractivity contribution in [2.45, 2.75) is 26.2 Å². The highest BCUT2D eigenvalue weighted by molar-refractivity contribution is 6.02. The lowest BCUT2D eigenvalue weighted by Gasteiger charge is -2.13. The predicted molar refractivity (Wildman–Crippen MR) is 136 cm³/mol. The molecule has 0 aromatic heterocycles. The van der Waals surface area contributed by atoms with Crippen LogP contribution in [0.2, 0.25) is 0 Å². The molecular formula is C25H46N2O11. The van der Waals surface area contributed by atoms with Gasteiger partial charge in [0.1, 0.15) is 0 Å². The van der Waals surface area contributed by atoms with Gasteiger partial charge in [0, 0.05) is 39.0 Å². The van der Waals surface area contributed by atoms with Gasteiger partial charge in [0.2, 0.25) is 17.7 Å². The number of hydrogen-bond donors (Lipinski definition) is 1. The largest absolute Gasteiger partial charge is 0.379 e. The van der Waals surface area contributed by atoms with Crippen molar-refractivity contribution >= 4 is 17.7 Å². The normalized spacial score (nSPS) is 13.6. The summed E-state index contributed by atoms with van der Waals surface area (Å²) in [4.78, 5) is 35.9. The van der Waals surface area contributed by atoms with E-state index in [0.29, 0.717) is 112 Å². The van der Waals surface area contributed by atoms with Crippen molar-refractivity contribution in [2.75, 3.05) is 119 Å². The number of carbonyl (C=O) groups is 3. The van der Waals surface area contributed by atoms with Crippen LogP contribution in [0.5, 0.6) is 0 Å². The minimum absolute atomic E-state index is 0.0992. The summed E-state index contributed by atoms with van der Waals surface area (Å²) in [5, 5.41) is 2.69. The molecule has 1 rings (SSSR count). The number of nitrogens with zero attached hydrogens (tertiary/aromatic N) is 1. The smallest absolute Gasteiger partial charge is 0.229 e. The summed E-state index contributed by atoms with van der Waals surface area (Å²) in [6.45, 7) is 10.5. The van der Waals surface area contributed by atoms with Crippen LogP contribution in [0.25, 0.3) is 0 Å². The molecule has 1 N–H and O–H groups in total. The molecule has 1 saturated heterocycles. The van der Waals surface area contributed by atoms with Crippen LogP contribution in [0, 0.1) is 0 Å². The third-order valence-corrected chi connectivity index (χ3v) is 5.09. The Balaban J connectivity index is 1.69. The fourth-order valence-corrected chi connectivity index (χ4v) is 3.12. The van der Waals surface area contributed by atoms with Crippen LogP contribution >= 0.6 is 0 Å². The van der Waals surface area contributed by atoms with Crippen molar-refractivity contribution in [1.29, 1.82) is 0 Å². The molecule has 0 saturated carbocycles. The molecule has 0 atom stereocenters. The van der Waals surface area contributed by atoms with Crippen molar-refractivity contribution in [2.24, 2.45) is 0 Å². The van der Waals surface area contributed by atoms with Gasteiger partial charge in [0.05, 0.1) is 99.1 Å². The number of hydrogen-bond acceptors (Lipinski definition) is 11. The summed E-state index contributed by atoms with van der Waals surface area (Å²) >= 11 is 0. The molecule has 13 heteroatoms. The molecule has 0 aliphatic carbocycles. The van der Waals surface area contributed by atoms with E-state index in [1.807, 2.05) is 6.92 Å². The standard InChI is InChI=1S/C25H46N2O11/c1-2-31-9-10-33-13-14-35-17-18-37-21-22-38-20-19-36-16-15-34-12-11-32-8-6-26-23(28)5-7-27-24(29)3-4-25(27)30/h2-22H2,1H3,(H,26,28). The lowest BCUT2D eigenvalue weighted by atomic mass is 10.3. The zero-order chi connectivity index (χ0) is 27.5. The highest BCUT2D eigenvalue weighted by Gasteiger charge is 2.28. The number of rotatable bonds is 28. The number of amides is 3. The first-order valence-corrected chi connectivity index (χ1v) is 13.4. The fourth-order valence-electron chi connectivity index (χ4n) is 3.12. The summed E-state index contributed by atoms with van der Waals surface area (Å²) in [7, 11) is 0. The quantitative estimate of drug-likeness (QED) is 0.102. The minimum Gasteiger partial charge on any atom is -0.379 e. The van der Waals surface area contributed by atoms with E-state index in [1.54, 1.807) is 0 Å². The number of nitrogens with one attached hydrogen (secondary N) is 1. The number of imide groups is 1. The molecule has 0 spiro atoms. The summed E-state index contributed by atoms with van der Waals surface area (Å²) < 4.78 is 43.0. The maximum atomic E-state index is 11.8. The van der Waals surface area contributed by atoms with Crippen LogP contribution < -0.4 is 5.32 Å². The number of carbonyl (C=O) groups excluding carboxylic acids is 3. The van der Waals surface area contributed by atoms with Crippen LogP contribution in [0.3, 0.4) is 0 Å². The second-order valence-electron chi connectivity index (χ2n) is 8.02. The lowest BCUT2D eigenvalue weighted by molar-refractivity contribution is -0.138. The SMILES string of the molecule is CCOCCOCCOCCOCCOCCOCCOCCOCCNC(=O)CCN1C(=O)CCC1=O. The van der Waals surface area contributed by atoms with Gasteiger partial charge >= 0.3 is 0 Å². The molecular weight excluding hydrogens is 504 g/mol. The van der Waals surface area contributed by atoms with Crippen LogP contribution in [-0.2, 0) is 52.3 Å². The number of ether oxygens (including phenoxy) is 8. The van der Waals surface area contributed by atoms with Gasteiger partial charge in [-0.25, -0.2) is 0 Å². The second-order valence-corrected chi connectivity index (χ2v) is 8.02. The van der Waals surface area contributed by atoms with Crippen LogP contribution in [0.15, 0.2) is 0 Å². The third-order valence-electron chi connectivity index (χ3n) is 5.09. The summed E-state index contributed by atoms with van der Waals surface area (Å²) in [6.07, 6.45) is 0.568. The Morgan fingerprint density at radius 1 is 0.605 bits per heavy atom. The van der Waals surface area contributed by atoms with E-state index in [1.165, 1.54) is 0 Å².